The van der Waals surface area contributed by atoms with Gasteiger partial charge in [0, 0.05) is 17.1 Å². The molecule has 0 saturated carbocycles. The van der Waals surface area contributed by atoms with E-state index >= 15 is 0 Å². The summed E-state index contributed by atoms with van der Waals surface area (Å²) in [7, 11) is 0. The van der Waals surface area contributed by atoms with E-state index in [1.807, 2.05) is 6.07 Å². The molecule has 4 aromatic rings. The Morgan fingerprint density at radius 1 is 1.17 bits per heavy atom. The molecule has 0 amide bonds. The van der Waals surface area contributed by atoms with Crippen LogP contribution in [0, 0.1) is 0 Å². The molecule has 88 valence electrons. The second-order valence-corrected chi connectivity index (χ2v) is 4.56. The molecule has 0 aliphatic carbocycles. The van der Waals surface area contributed by atoms with Crippen molar-refractivity contribution in [3.05, 3.63) is 48.2 Å². The van der Waals surface area contributed by atoms with Crippen LogP contribution in [0.3, 0.4) is 0 Å². The first-order valence-electron chi connectivity index (χ1n) is 6.25. The van der Waals surface area contributed by atoms with Gasteiger partial charge in [0.15, 0.2) is 0 Å². The third kappa shape index (κ3) is 1.11. The second-order valence-electron chi connectivity index (χ2n) is 4.56. The molecule has 3 heterocycles. The van der Waals surface area contributed by atoms with Gasteiger partial charge in [-0.2, -0.15) is 0 Å². The van der Waals surface area contributed by atoms with Crippen LogP contribution in [-0.4, -0.2) is 14.4 Å². The van der Waals surface area contributed by atoms with Crippen LogP contribution >= 0.6 is 0 Å². The molecule has 0 radical (unpaired) electrons. The Hall–Kier alpha value is -2.29. The number of rotatable bonds is 1. The number of fused-ring (bicyclic) bond motifs is 5. The number of H-pyrrole nitrogens is 1. The van der Waals surface area contributed by atoms with Crippen molar-refractivity contribution < 1.29 is 0 Å². The number of nitrogens with one attached hydrogen (secondary N) is 1. The average Bonchev–Trinajstić information content (AvgIpc) is 2.94. The van der Waals surface area contributed by atoms with Crippen molar-refractivity contribution in [3.8, 4) is 0 Å². The molecule has 0 aliphatic heterocycles. The van der Waals surface area contributed by atoms with Crippen molar-refractivity contribution in [2.75, 3.05) is 0 Å². The van der Waals surface area contributed by atoms with E-state index in [-0.39, 0.29) is 0 Å². The van der Waals surface area contributed by atoms with Gasteiger partial charge in [-0.3, -0.25) is 4.40 Å². The molecular weight excluding hydrogens is 222 g/mol. The van der Waals surface area contributed by atoms with E-state index in [9.17, 15) is 0 Å². The van der Waals surface area contributed by atoms with E-state index in [1.165, 1.54) is 10.9 Å². The highest BCUT2D eigenvalue weighted by Crippen LogP contribution is 2.26. The van der Waals surface area contributed by atoms with E-state index in [4.69, 9.17) is 4.98 Å². The van der Waals surface area contributed by atoms with Crippen LogP contribution in [-0.2, 0) is 6.42 Å². The average molecular weight is 235 g/mol. The predicted octanol–water partition coefficient (Wildman–Crippen LogP) is 3.53. The molecule has 3 heteroatoms. The van der Waals surface area contributed by atoms with Crippen molar-refractivity contribution in [3.63, 3.8) is 0 Å². The minimum absolute atomic E-state index is 1.00. The molecule has 3 aromatic heterocycles. The topological polar surface area (TPSA) is 33.1 Å². The van der Waals surface area contributed by atoms with Crippen LogP contribution in [0.25, 0.3) is 27.7 Å². The van der Waals surface area contributed by atoms with Gasteiger partial charge in [0.25, 0.3) is 0 Å². The summed E-state index contributed by atoms with van der Waals surface area (Å²) in [4.78, 5) is 8.26. The number of aromatic nitrogens is 3. The second kappa shape index (κ2) is 3.35. The Kier molecular flexibility index (Phi) is 1.81. The number of benzene rings is 1. The van der Waals surface area contributed by atoms with Crippen molar-refractivity contribution in [2.24, 2.45) is 0 Å². The lowest BCUT2D eigenvalue weighted by Crippen LogP contribution is -1.90. The molecular formula is C15H13N3. The van der Waals surface area contributed by atoms with Gasteiger partial charge in [0.05, 0.1) is 0 Å². The number of hydrogen-bond donors (Lipinski definition) is 1. The first-order chi connectivity index (χ1) is 8.88. The lowest BCUT2D eigenvalue weighted by atomic mass is 10.2. The molecule has 1 N–H and O–H groups in total. The Morgan fingerprint density at radius 2 is 2.06 bits per heavy atom. The van der Waals surface area contributed by atoms with E-state index < -0.39 is 0 Å². The molecule has 0 fully saturated rings. The maximum Gasteiger partial charge on any atom is 0.143 e. The van der Waals surface area contributed by atoms with E-state index in [0.717, 1.165) is 28.7 Å². The van der Waals surface area contributed by atoms with Gasteiger partial charge < -0.3 is 4.98 Å². The van der Waals surface area contributed by atoms with E-state index in [0.29, 0.717) is 0 Å². The first kappa shape index (κ1) is 9.71. The van der Waals surface area contributed by atoms with Crippen molar-refractivity contribution >= 4 is 27.7 Å². The number of para-hydroxylation sites is 1. The fraction of sp³-hybridized carbons (Fsp3) is 0.133. The van der Waals surface area contributed by atoms with Gasteiger partial charge >= 0.3 is 0 Å². The summed E-state index contributed by atoms with van der Waals surface area (Å²) < 4.78 is 2.15. The Morgan fingerprint density at radius 3 is 2.94 bits per heavy atom. The quantitative estimate of drug-likeness (QED) is 0.538. The van der Waals surface area contributed by atoms with Crippen LogP contribution in [0.2, 0.25) is 0 Å². The van der Waals surface area contributed by atoms with Crippen LogP contribution < -0.4 is 0 Å². The van der Waals surface area contributed by atoms with Crippen molar-refractivity contribution in [1.29, 1.82) is 0 Å². The zero-order valence-electron chi connectivity index (χ0n) is 10.1. The zero-order valence-corrected chi connectivity index (χ0v) is 10.1. The number of imidazole rings is 1. The van der Waals surface area contributed by atoms with Crippen LogP contribution in [0.15, 0.2) is 42.6 Å². The highest BCUT2D eigenvalue weighted by Gasteiger charge is 2.12. The summed E-state index contributed by atoms with van der Waals surface area (Å²) in [6.45, 7) is 2.16. The molecule has 18 heavy (non-hydrogen) atoms. The molecule has 3 nitrogen and oxygen atoms in total. The standard InChI is InChI=1S/C15H13N3/c1-2-10-6-5-9-18-14(10)17-13-11-7-3-4-8-12(11)16-15(13)18/h3-9,16H,2H2,1H3. The van der Waals surface area contributed by atoms with Gasteiger partial charge in [-0.05, 0) is 24.1 Å². The van der Waals surface area contributed by atoms with E-state index in [1.54, 1.807) is 0 Å². The SMILES string of the molecule is CCc1cccn2c1nc1c3ccccc3[nH]c12. The highest BCUT2D eigenvalue weighted by atomic mass is 15.1. The van der Waals surface area contributed by atoms with Crippen molar-refractivity contribution in [1.82, 2.24) is 14.4 Å². The molecule has 1 aromatic carbocycles. The predicted molar refractivity (Wildman–Crippen MR) is 73.9 cm³/mol. The smallest absolute Gasteiger partial charge is 0.143 e. The zero-order chi connectivity index (χ0) is 12.1. The molecule has 0 atom stereocenters. The summed E-state index contributed by atoms with van der Waals surface area (Å²) >= 11 is 0. The number of pyridine rings is 1. The number of aryl methyl sites for hydroxylation is 1. The molecule has 4 rings (SSSR count). The summed E-state index contributed by atoms with van der Waals surface area (Å²) in [6, 6.07) is 12.5. The monoisotopic (exact) mass is 235 g/mol. The number of hydrogen-bond acceptors (Lipinski definition) is 1. The summed E-state index contributed by atoms with van der Waals surface area (Å²) in [5.74, 6) is 0. The van der Waals surface area contributed by atoms with Crippen LogP contribution in [0.4, 0.5) is 0 Å². The Labute approximate surface area is 104 Å². The third-order valence-corrected chi connectivity index (χ3v) is 3.55. The molecule has 0 bridgehead atoms. The maximum absolute atomic E-state index is 4.81. The summed E-state index contributed by atoms with van der Waals surface area (Å²) in [6.07, 6.45) is 3.07. The Bertz CT molecular complexity index is 867. The summed E-state index contributed by atoms with van der Waals surface area (Å²) in [5, 5.41) is 1.19. The van der Waals surface area contributed by atoms with Crippen LogP contribution in [0.1, 0.15) is 12.5 Å². The first-order valence-corrected chi connectivity index (χ1v) is 6.25. The van der Waals surface area contributed by atoms with Crippen LogP contribution in [0.5, 0.6) is 0 Å². The molecule has 0 aliphatic rings. The number of aromatic amines is 1. The lowest BCUT2D eigenvalue weighted by molar-refractivity contribution is 1.09. The van der Waals surface area contributed by atoms with Gasteiger partial charge in [-0.1, -0.05) is 31.2 Å². The van der Waals surface area contributed by atoms with E-state index in [2.05, 4.69) is 52.8 Å². The minimum Gasteiger partial charge on any atom is -0.339 e. The molecule has 0 unspecified atom stereocenters. The normalized spacial score (nSPS) is 11.8. The van der Waals surface area contributed by atoms with Gasteiger partial charge in [0.2, 0.25) is 0 Å². The highest BCUT2D eigenvalue weighted by molar-refractivity contribution is 6.05. The Balaban J connectivity index is 2.26. The molecule has 0 spiro atoms. The fourth-order valence-electron chi connectivity index (χ4n) is 2.63. The van der Waals surface area contributed by atoms with Gasteiger partial charge in [-0.15, -0.1) is 0 Å². The third-order valence-electron chi connectivity index (χ3n) is 3.55. The largest absolute Gasteiger partial charge is 0.339 e. The van der Waals surface area contributed by atoms with Crippen molar-refractivity contribution in [2.45, 2.75) is 13.3 Å². The molecule has 0 saturated heterocycles. The summed E-state index contributed by atoms with van der Waals surface area (Å²) in [5.41, 5.74) is 5.64. The fourth-order valence-corrected chi connectivity index (χ4v) is 2.63. The number of nitrogens with zero attached hydrogens (tertiary/aromatic N) is 2. The minimum atomic E-state index is 1.00. The van der Waals surface area contributed by atoms with Gasteiger partial charge in [-0.25, -0.2) is 4.98 Å². The van der Waals surface area contributed by atoms with Gasteiger partial charge in [0.1, 0.15) is 16.8 Å². The lowest BCUT2D eigenvalue weighted by Gasteiger charge is -1.99. The maximum atomic E-state index is 4.81.